The second kappa shape index (κ2) is 7.01. The van der Waals surface area contributed by atoms with Crippen LogP contribution >= 0.6 is 11.3 Å². The Morgan fingerprint density at radius 3 is 2.69 bits per heavy atom. The number of benzene rings is 1. The summed E-state index contributed by atoms with van der Waals surface area (Å²) in [6.07, 6.45) is 0. The van der Waals surface area contributed by atoms with Crippen molar-refractivity contribution in [1.29, 1.82) is 0 Å². The summed E-state index contributed by atoms with van der Waals surface area (Å²) in [5.41, 5.74) is 8.07. The summed E-state index contributed by atoms with van der Waals surface area (Å²) in [4.78, 5) is 35.0. The number of carbonyl (C=O) groups excluding carboxylic acids is 1. The van der Waals surface area contributed by atoms with Crippen LogP contribution in [0.5, 0.6) is 0 Å². The number of nitrogens with two attached hydrogens (primary N) is 1. The molecule has 3 aromatic rings. The highest BCUT2D eigenvalue weighted by atomic mass is 32.1. The van der Waals surface area contributed by atoms with Crippen molar-refractivity contribution < 1.29 is 4.79 Å². The van der Waals surface area contributed by atoms with Crippen LogP contribution in [0.4, 0.5) is 0 Å². The second-order valence-corrected chi connectivity index (χ2v) is 7.96. The Morgan fingerprint density at radius 1 is 1.35 bits per heavy atom. The van der Waals surface area contributed by atoms with Crippen molar-refractivity contribution in [3.05, 3.63) is 61.3 Å². The quantitative estimate of drug-likeness (QED) is 0.722. The number of rotatable bonds is 5. The Balaban J connectivity index is 1.88. The van der Waals surface area contributed by atoms with Crippen LogP contribution in [0.2, 0.25) is 0 Å². The van der Waals surface area contributed by atoms with E-state index in [0.717, 1.165) is 16.4 Å². The van der Waals surface area contributed by atoms with Crippen molar-refractivity contribution in [3.8, 4) is 0 Å². The fraction of sp³-hybridized carbons (Fsp3) is 0.316. The Hall–Kier alpha value is -2.51. The molecule has 26 heavy (non-hydrogen) atoms. The van der Waals surface area contributed by atoms with Crippen molar-refractivity contribution in [2.75, 3.05) is 7.05 Å². The normalized spacial score (nSPS) is 12.7. The number of carbonyl (C=O) groups is 1. The standard InChI is InChI=1S/C19H22N4O2S/c1-10(18-11(2)26-12(3)21-18)23(4)9-14-8-17(24)15-7-13(19(20)25)5-6-16(15)22-14/h5-8,10H,9H2,1-4H3,(H2,20,25)(H,22,24)/t10-/m1/s1. The molecule has 0 bridgehead atoms. The first-order valence-electron chi connectivity index (χ1n) is 8.36. The first kappa shape index (κ1) is 18.3. The van der Waals surface area contributed by atoms with Gasteiger partial charge in [-0.05, 0) is 46.0 Å². The van der Waals surface area contributed by atoms with Gasteiger partial charge in [0.15, 0.2) is 5.43 Å². The monoisotopic (exact) mass is 370 g/mol. The van der Waals surface area contributed by atoms with Crippen LogP contribution in [0.1, 0.15) is 44.6 Å². The number of nitrogens with zero attached hydrogens (tertiary/aromatic N) is 2. The van der Waals surface area contributed by atoms with Crippen LogP contribution < -0.4 is 11.2 Å². The third-order valence-corrected chi connectivity index (χ3v) is 5.49. The van der Waals surface area contributed by atoms with Gasteiger partial charge in [0.2, 0.25) is 5.91 Å². The largest absolute Gasteiger partial charge is 0.366 e. The average Bonchev–Trinajstić information content (AvgIpc) is 2.92. The minimum Gasteiger partial charge on any atom is -0.366 e. The molecule has 1 aromatic carbocycles. The van der Waals surface area contributed by atoms with Gasteiger partial charge >= 0.3 is 0 Å². The molecule has 0 spiro atoms. The smallest absolute Gasteiger partial charge is 0.248 e. The molecule has 2 heterocycles. The van der Waals surface area contributed by atoms with E-state index in [0.29, 0.717) is 23.0 Å². The summed E-state index contributed by atoms with van der Waals surface area (Å²) in [6, 6.07) is 6.59. The lowest BCUT2D eigenvalue weighted by atomic mass is 10.1. The van der Waals surface area contributed by atoms with Crippen LogP contribution in [-0.4, -0.2) is 27.8 Å². The predicted octanol–water partition coefficient (Wildman–Crippen LogP) is 2.89. The average molecular weight is 370 g/mol. The zero-order chi connectivity index (χ0) is 19.0. The van der Waals surface area contributed by atoms with Gasteiger partial charge in [-0.2, -0.15) is 0 Å². The highest BCUT2D eigenvalue weighted by Crippen LogP contribution is 2.26. The maximum atomic E-state index is 12.5. The number of nitrogens with one attached hydrogen (secondary N) is 1. The van der Waals surface area contributed by atoms with Crippen LogP contribution in [0.25, 0.3) is 10.9 Å². The number of aromatic nitrogens is 2. The molecular formula is C19H22N4O2S. The molecule has 0 aliphatic carbocycles. The van der Waals surface area contributed by atoms with E-state index < -0.39 is 5.91 Å². The van der Waals surface area contributed by atoms with Gasteiger partial charge in [-0.25, -0.2) is 4.98 Å². The highest BCUT2D eigenvalue weighted by Gasteiger charge is 2.18. The number of aryl methyl sites for hydroxylation is 2. The molecule has 0 saturated carbocycles. The molecule has 6 nitrogen and oxygen atoms in total. The number of H-pyrrole nitrogens is 1. The molecule has 0 unspecified atom stereocenters. The third-order valence-electron chi connectivity index (χ3n) is 4.59. The van der Waals surface area contributed by atoms with E-state index >= 15 is 0 Å². The van der Waals surface area contributed by atoms with Gasteiger partial charge < -0.3 is 10.7 Å². The minimum atomic E-state index is -0.544. The van der Waals surface area contributed by atoms with E-state index in [1.54, 1.807) is 29.5 Å². The van der Waals surface area contributed by atoms with Gasteiger partial charge in [-0.1, -0.05) is 0 Å². The van der Waals surface area contributed by atoms with Crippen LogP contribution in [-0.2, 0) is 6.54 Å². The fourth-order valence-corrected chi connectivity index (χ4v) is 4.00. The van der Waals surface area contributed by atoms with Crippen molar-refractivity contribution in [2.45, 2.75) is 33.4 Å². The number of hydrogen-bond acceptors (Lipinski definition) is 5. The Labute approximate surface area is 155 Å². The lowest BCUT2D eigenvalue weighted by Crippen LogP contribution is -2.24. The van der Waals surface area contributed by atoms with E-state index in [-0.39, 0.29) is 11.5 Å². The summed E-state index contributed by atoms with van der Waals surface area (Å²) >= 11 is 1.70. The van der Waals surface area contributed by atoms with Crippen LogP contribution in [0, 0.1) is 13.8 Å². The lowest BCUT2D eigenvalue weighted by Gasteiger charge is -2.24. The Kier molecular flexibility index (Phi) is 4.93. The topological polar surface area (TPSA) is 92.1 Å². The Morgan fingerprint density at radius 2 is 2.08 bits per heavy atom. The van der Waals surface area contributed by atoms with Gasteiger partial charge in [0.25, 0.3) is 0 Å². The van der Waals surface area contributed by atoms with Gasteiger partial charge in [-0.3, -0.25) is 14.5 Å². The van der Waals surface area contributed by atoms with Gasteiger partial charge in [0.05, 0.1) is 16.7 Å². The lowest BCUT2D eigenvalue weighted by molar-refractivity contribution is 0.100. The summed E-state index contributed by atoms with van der Waals surface area (Å²) in [6.45, 7) is 6.79. The molecule has 0 fully saturated rings. The van der Waals surface area contributed by atoms with Crippen molar-refractivity contribution in [3.63, 3.8) is 0 Å². The zero-order valence-corrected chi connectivity index (χ0v) is 16.1. The number of aromatic amines is 1. The third kappa shape index (κ3) is 3.54. The van der Waals surface area contributed by atoms with Crippen molar-refractivity contribution >= 4 is 28.1 Å². The molecule has 7 heteroatoms. The van der Waals surface area contributed by atoms with E-state index in [1.807, 2.05) is 14.0 Å². The molecule has 136 valence electrons. The van der Waals surface area contributed by atoms with E-state index in [2.05, 4.69) is 28.7 Å². The molecular weight excluding hydrogens is 348 g/mol. The van der Waals surface area contributed by atoms with Gasteiger partial charge in [-0.15, -0.1) is 11.3 Å². The highest BCUT2D eigenvalue weighted by molar-refractivity contribution is 7.11. The molecule has 0 aliphatic heterocycles. The number of primary amides is 1. The number of pyridine rings is 1. The van der Waals surface area contributed by atoms with E-state index in [9.17, 15) is 9.59 Å². The van der Waals surface area contributed by atoms with Crippen LogP contribution in [0.15, 0.2) is 29.1 Å². The molecule has 3 rings (SSSR count). The second-order valence-electron chi connectivity index (χ2n) is 6.55. The summed E-state index contributed by atoms with van der Waals surface area (Å²) in [5, 5.41) is 1.52. The number of fused-ring (bicyclic) bond motifs is 1. The number of amides is 1. The number of thiazole rings is 1. The Bertz CT molecular complexity index is 1040. The molecule has 1 atom stereocenters. The molecule has 2 aromatic heterocycles. The zero-order valence-electron chi connectivity index (χ0n) is 15.3. The van der Waals surface area contributed by atoms with Gasteiger partial charge in [0, 0.05) is 39.6 Å². The fourth-order valence-electron chi connectivity index (χ4n) is 3.09. The van der Waals surface area contributed by atoms with Crippen LogP contribution in [0.3, 0.4) is 0 Å². The summed E-state index contributed by atoms with van der Waals surface area (Å²) in [5.74, 6) is -0.544. The van der Waals surface area contributed by atoms with E-state index in [1.165, 1.54) is 10.9 Å². The SMILES string of the molecule is Cc1nc([C@@H](C)N(C)Cc2cc(=O)c3cc(C(N)=O)ccc3[nH]2)c(C)s1. The predicted molar refractivity (Wildman–Crippen MR) is 105 cm³/mol. The first-order valence-corrected chi connectivity index (χ1v) is 9.18. The van der Waals surface area contributed by atoms with Gasteiger partial charge in [0.1, 0.15) is 0 Å². The van der Waals surface area contributed by atoms with Crippen molar-refractivity contribution in [2.24, 2.45) is 5.73 Å². The number of hydrogen-bond donors (Lipinski definition) is 2. The summed E-state index contributed by atoms with van der Waals surface area (Å²) in [7, 11) is 2.01. The summed E-state index contributed by atoms with van der Waals surface area (Å²) < 4.78 is 0. The van der Waals surface area contributed by atoms with E-state index in [4.69, 9.17) is 5.73 Å². The molecule has 0 aliphatic rings. The minimum absolute atomic E-state index is 0.126. The van der Waals surface area contributed by atoms with Crippen molar-refractivity contribution in [1.82, 2.24) is 14.9 Å². The maximum Gasteiger partial charge on any atom is 0.248 e. The molecule has 3 N–H and O–H groups in total. The first-order chi connectivity index (χ1) is 12.3. The molecule has 0 saturated heterocycles. The molecule has 1 amide bonds. The maximum absolute atomic E-state index is 12.5. The molecule has 0 radical (unpaired) electrons.